The van der Waals surface area contributed by atoms with Crippen LogP contribution in [0.4, 0.5) is 0 Å². The van der Waals surface area contributed by atoms with Gasteiger partial charge in [-0.2, -0.15) is 0 Å². The molecule has 0 saturated carbocycles. The Morgan fingerprint density at radius 3 is 2.29 bits per heavy atom. The number of aliphatic carboxylic acids is 1. The Bertz CT molecular complexity index is 576. The zero-order chi connectivity index (χ0) is 14.9. The summed E-state index contributed by atoms with van der Waals surface area (Å²) in [6.07, 6.45) is 3.84. The maximum Gasteiger partial charge on any atom is 0.313 e. The summed E-state index contributed by atoms with van der Waals surface area (Å²) in [6, 6.07) is 19.1. The Labute approximate surface area is 124 Å². The lowest BCUT2D eigenvalue weighted by Gasteiger charge is -2.12. The van der Waals surface area contributed by atoms with E-state index in [4.69, 9.17) is 4.74 Å². The molecule has 0 aliphatic carbocycles. The number of hydrogen-bond acceptors (Lipinski definition) is 2. The third kappa shape index (κ3) is 4.89. The van der Waals surface area contributed by atoms with E-state index in [-0.39, 0.29) is 6.61 Å². The molecule has 0 amide bonds. The van der Waals surface area contributed by atoms with E-state index < -0.39 is 11.9 Å². The number of rotatable bonds is 7. The van der Waals surface area contributed by atoms with Crippen molar-refractivity contribution in [3.05, 3.63) is 77.9 Å². The van der Waals surface area contributed by atoms with Gasteiger partial charge in [-0.05, 0) is 11.1 Å². The van der Waals surface area contributed by atoms with Crippen molar-refractivity contribution < 1.29 is 14.6 Å². The standard InChI is InChI=1S/C18H18O3/c19-18(20)17(16-11-5-2-6-12-16)14-21-13-7-10-15-8-3-1-4-9-15/h1-12,17H,13-14H2,(H,19,20). The van der Waals surface area contributed by atoms with Gasteiger partial charge in [0.1, 0.15) is 5.92 Å². The molecule has 2 rings (SSSR count). The van der Waals surface area contributed by atoms with E-state index in [1.54, 1.807) is 0 Å². The number of carboxylic acids is 1. The van der Waals surface area contributed by atoms with Gasteiger partial charge in [0.15, 0.2) is 0 Å². The van der Waals surface area contributed by atoms with E-state index in [1.165, 1.54) is 0 Å². The minimum Gasteiger partial charge on any atom is -0.481 e. The number of carboxylic acid groups (broad SMARTS) is 1. The van der Waals surface area contributed by atoms with Crippen molar-refractivity contribution in [1.29, 1.82) is 0 Å². The second-order valence-corrected chi connectivity index (χ2v) is 4.65. The summed E-state index contributed by atoms with van der Waals surface area (Å²) in [5.74, 6) is -1.50. The van der Waals surface area contributed by atoms with E-state index in [0.29, 0.717) is 6.61 Å². The second kappa shape index (κ2) is 8.02. The fraction of sp³-hybridized carbons (Fsp3) is 0.167. The van der Waals surface area contributed by atoms with Gasteiger partial charge in [-0.3, -0.25) is 4.79 Å². The SMILES string of the molecule is O=C(O)C(COCC=Cc1ccccc1)c1ccccc1. The minimum absolute atomic E-state index is 0.165. The maximum atomic E-state index is 11.3. The van der Waals surface area contributed by atoms with Gasteiger partial charge in [0, 0.05) is 0 Å². The van der Waals surface area contributed by atoms with Gasteiger partial charge in [-0.25, -0.2) is 0 Å². The molecule has 2 aromatic carbocycles. The molecule has 3 nitrogen and oxygen atoms in total. The zero-order valence-corrected chi connectivity index (χ0v) is 11.7. The smallest absolute Gasteiger partial charge is 0.313 e. The van der Waals surface area contributed by atoms with Crippen molar-refractivity contribution in [1.82, 2.24) is 0 Å². The highest BCUT2D eigenvalue weighted by molar-refractivity contribution is 5.76. The van der Waals surface area contributed by atoms with Gasteiger partial charge in [0.05, 0.1) is 13.2 Å². The van der Waals surface area contributed by atoms with Gasteiger partial charge in [-0.15, -0.1) is 0 Å². The maximum absolute atomic E-state index is 11.3. The largest absolute Gasteiger partial charge is 0.481 e. The molecule has 21 heavy (non-hydrogen) atoms. The molecule has 0 bridgehead atoms. The Hall–Kier alpha value is -2.39. The average Bonchev–Trinajstić information content (AvgIpc) is 2.52. The van der Waals surface area contributed by atoms with Crippen LogP contribution in [0.15, 0.2) is 66.7 Å². The molecule has 3 heteroatoms. The summed E-state index contributed by atoms with van der Waals surface area (Å²) in [5.41, 5.74) is 1.86. The van der Waals surface area contributed by atoms with E-state index >= 15 is 0 Å². The van der Waals surface area contributed by atoms with Crippen molar-refractivity contribution in [2.75, 3.05) is 13.2 Å². The molecular formula is C18H18O3. The van der Waals surface area contributed by atoms with Gasteiger partial charge in [0.25, 0.3) is 0 Å². The molecule has 0 heterocycles. The van der Waals surface area contributed by atoms with Crippen molar-refractivity contribution >= 4 is 12.0 Å². The summed E-state index contributed by atoms with van der Waals surface area (Å²) >= 11 is 0. The van der Waals surface area contributed by atoms with Crippen LogP contribution in [-0.2, 0) is 9.53 Å². The van der Waals surface area contributed by atoms with Crippen LogP contribution in [0.5, 0.6) is 0 Å². The lowest BCUT2D eigenvalue weighted by Crippen LogP contribution is -2.17. The van der Waals surface area contributed by atoms with Crippen LogP contribution in [0.25, 0.3) is 6.08 Å². The third-order valence-corrected chi connectivity index (χ3v) is 3.11. The summed E-state index contributed by atoms with van der Waals surface area (Å²) < 4.78 is 5.47. The highest BCUT2D eigenvalue weighted by Gasteiger charge is 2.19. The topological polar surface area (TPSA) is 46.5 Å². The monoisotopic (exact) mass is 282 g/mol. The lowest BCUT2D eigenvalue weighted by molar-refractivity contribution is -0.140. The molecule has 1 N–H and O–H groups in total. The minimum atomic E-state index is -0.867. The molecule has 0 fully saturated rings. The van der Waals surface area contributed by atoms with Crippen molar-refractivity contribution in [3.63, 3.8) is 0 Å². The molecule has 0 radical (unpaired) electrons. The predicted molar refractivity (Wildman–Crippen MR) is 83.1 cm³/mol. The summed E-state index contributed by atoms with van der Waals surface area (Å²) in [5, 5.41) is 9.26. The molecule has 108 valence electrons. The van der Waals surface area contributed by atoms with Crippen molar-refractivity contribution in [3.8, 4) is 0 Å². The van der Waals surface area contributed by atoms with Crippen LogP contribution in [0.3, 0.4) is 0 Å². The number of ether oxygens (including phenoxy) is 1. The van der Waals surface area contributed by atoms with Crippen LogP contribution in [0.2, 0.25) is 0 Å². The van der Waals surface area contributed by atoms with E-state index in [1.807, 2.05) is 72.8 Å². The molecule has 0 spiro atoms. The molecular weight excluding hydrogens is 264 g/mol. The highest BCUT2D eigenvalue weighted by Crippen LogP contribution is 2.16. The lowest BCUT2D eigenvalue weighted by atomic mass is 10.0. The van der Waals surface area contributed by atoms with Crippen LogP contribution in [0.1, 0.15) is 17.0 Å². The van der Waals surface area contributed by atoms with Crippen LogP contribution >= 0.6 is 0 Å². The molecule has 2 aromatic rings. The number of benzene rings is 2. The molecule has 0 aliphatic rings. The van der Waals surface area contributed by atoms with Crippen molar-refractivity contribution in [2.45, 2.75) is 5.92 Å². The highest BCUT2D eigenvalue weighted by atomic mass is 16.5. The zero-order valence-electron chi connectivity index (χ0n) is 11.7. The van der Waals surface area contributed by atoms with Crippen LogP contribution in [0, 0.1) is 0 Å². The number of hydrogen-bond donors (Lipinski definition) is 1. The normalized spacial score (nSPS) is 12.4. The fourth-order valence-electron chi connectivity index (χ4n) is 2.00. The first-order chi connectivity index (χ1) is 10.3. The van der Waals surface area contributed by atoms with E-state index in [0.717, 1.165) is 11.1 Å². The van der Waals surface area contributed by atoms with E-state index in [9.17, 15) is 9.90 Å². The summed E-state index contributed by atoms with van der Waals surface area (Å²) in [6.45, 7) is 0.560. The average molecular weight is 282 g/mol. The Kier molecular flexibility index (Phi) is 5.73. The molecule has 0 aliphatic heterocycles. The van der Waals surface area contributed by atoms with Crippen LogP contribution < -0.4 is 0 Å². The summed E-state index contributed by atoms with van der Waals surface area (Å²) in [7, 11) is 0. The van der Waals surface area contributed by atoms with Gasteiger partial charge in [0.2, 0.25) is 0 Å². The molecule has 0 saturated heterocycles. The van der Waals surface area contributed by atoms with Gasteiger partial charge < -0.3 is 9.84 Å². The first kappa shape index (κ1) is 15.0. The Balaban J connectivity index is 1.83. The van der Waals surface area contributed by atoms with E-state index in [2.05, 4.69) is 0 Å². The third-order valence-electron chi connectivity index (χ3n) is 3.11. The van der Waals surface area contributed by atoms with Crippen LogP contribution in [-0.4, -0.2) is 24.3 Å². The number of carbonyl (C=O) groups is 1. The summed E-state index contributed by atoms with van der Waals surface area (Å²) in [4.78, 5) is 11.3. The molecule has 0 aromatic heterocycles. The second-order valence-electron chi connectivity index (χ2n) is 4.65. The predicted octanol–water partition coefficient (Wildman–Crippen LogP) is 3.58. The van der Waals surface area contributed by atoms with Gasteiger partial charge >= 0.3 is 5.97 Å². The quantitative estimate of drug-likeness (QED) is 0.789. The Morgan fingerprint density at radius 2 is 1.67 bits per heavy atom. The molecule has 1 atom stereocenters. The fourth-order valence-corrected chi connectivity index (χ4v) is 2.00. The first-order valence-electron chi connectivity index (χ1n) is 6.84. The Morgan fingerprint density at radius 1 is 1.05 bits per heavy atom. The molecule has 1 unspecified atom stereocenters. The first-order valence-corrected chi connectivity index (χ1v) is 6.84. The van der Waals surface area contributed by atoms with Crippen molar-refractivity contribution in [2.24, 2.45) is 0 Å². The van der Waals surface area contributed by atoms with Gasteiger partial charge in [-0.1, -0.05) is 72.8 Å².